The van der Waals surface area contributed by atoms with E-state index in [0.717, 1.165) is 23.6 Å². The number of imidazole rings is 1. The zero-order valence-corrected chi connectivity index (χ0v) is 7.71. The van der Waals surface area contributed by atoms with Crippen LogP contribution in [0.1, 0.15) is 47.3 Å². The van der Waals surface area contributed by atoms with Crippen molar-refractivity contribution in [3.63, 3.8) is 0 Å². The van der Waals surface area contributed by atoms with Crippen LogP contribution in [0, 0.1) is 6.92 Å². The number of hydrogen-bond acceptors (Lipinski definition) is 2. The van der Waals surface area contributed by atoms with Crippen LogP contribution in [0.15, 0.2) is 0 Å². The predicted molar refractivity (Wildman–Crippen MR) is 47.9 cm³/mol. The Balaban J connectivity index is 2.21. The number of Topliss-reactive ketones (excluding diaryl/α,β-unsaturated/α-hetero) is 1. The van der Waals surface area contributed by atoms with Crippen LogP contribution in [0.2, 0.25) is 0 Å². The van der Waals surface area contributed by atoms with E-state index in [-0.39, 0.29) is 0 Å². The van der Waals surface area contributed by atoms with E-state index in [4.69, 9.17) is 0 Å². The SMILES string of the molecule is Cc1nc2c(n1C1CC1)C(=O)CC2. The average molecular weight is 176 g/mol. The van der Waals surface area contributed by atoms with Crippen LogP contribution in [0.3, 0.4) is 0 Å². The van der Waals surface area contributed by atoms with Gasteiger partial charge in [0.2, 0.25) is 0 Å². The second kappa shape index (κ2) is 2.22. The van der Waals surface area contributed by atoms with Crippen molar-refractivity contribution in [2.45, 2.75) is 38.6 Å². The van der Waals surface area contributed by atoms with Crippen LogP contribution in [0.5, 0.6) is 0 Å². The molecule has 13 heavy (non-hydrogen) atoms. The smallest absolute Gasteiger partial charge is 0.181 e. The molecule has 2 aliphatic rings. The highest BCUT2D eigenvalue weighted by Crippen LogP contribution is 2.39. The maximum absolute atomic E-state index is 11.6. The van der Waals surface area contributed by atoms with Crippen molar-refractivity contribution in [3.8, 4) is 0 Å². The minimum atomic E-state index is 0.294. The number of ketones is 1. The Bertz CT molecular complexity index is 388. The zero-order chi connectivity index (χ0) is 9.00. The van der Waals surface area contributed by atoms with Crippen LogP contribution in [-0.4, -0.2) is 15.3 Å². The summed E-state index contributed by atoms with van der Waals surface area (Å²) in [4.78, 5) is 16.0. The normalized spacial score (nSPS) is 20.8. The van der Waals surface area contributed by atoms with Gasteiger partial charge in [0.25, 0.3) is 0 Å². The monoisotopic (exact) mass is 176 g/mol. The van der Waals surface area contributed by atoms with Crippen LogP contribution in [0.4, 0.5) is 0 Å². The number of carbonyl (C=O) groups is 1. The number of aromatic nitrogens is 2. The molecule has 0 aliphatic heterocycles. The molecule has 0 bridgehead atoms. The van der Waals surface area contributed by atoms with E-state index in [1.807, 2.05) is 6.92 Å². The van der Waals surface area contributed by atoms with E-state index in [1.54, 1.807) is 0 Å². The highest BCUT2D eigenvalue weighted by Gasteiger charge is 2.34. The number of aryl methyl sites for hydroxylation is 2. The van der Waals surface area contributed by atoms with Crippen LogP contribution < -0.4 is 0 Å². The molecule has 0 aromatic carbocycles. The summed E-state index contributed by atoms with van der Waals surface area (Å²) in [5, 5.41) is 0. The number of rotatable bonds is 1. The summed E-state index contributed by atoms with van der Waals surface area (Å²) in [6.45, 7) is 2.00. The van der Waals surface area contributed by atoms with E-state index in [2.05, 4.69) is 9.55 Å². The molecule has 1 aromatic heterocycles. The maximum Gasteiger partial charge on any atom is 0.181 e. The van der Waals surface area contributed by atoms with Gasteiger partial charge in [-0.15, -0.1) is 0 Å². The first-order valence-corrected chi connectivity index (χ1v) is 4.88. The molecule has 68 valence electrons. The fraction of sp³-hybridized carbons (Fsp3) is 0.600. The molecular weight excluding hydrogens is 164 g/mol. The van der Waals surface area contributed by atoms with Gasteiger partial charge in [-0.25, -0.2) is 4.98 Å². The van der Waals surface area contributed by atoms with E-state index >= 15 is 0 Å². The molecular formula is C10H12N2O. The van der Waals surface area contributed by atoms with E-state index in [9.17, 15) is 4.79 Å². The van der Waals surface area contributed by atoms with E-state index in [1.165, 1.54) is 12.8 Å². The zero-order valence-electron chi connectivity index (χ0n) is 7.71. The maximum atomic E-state index is 11.6. The van der Waals surface area contributed by atoms with E-state index in [0.29, 0.717) is 18.2 Å². The van der Waals surface area contributed by atoms with Crippen molar-refractivity contribution in [2.75, 3.05) is 0 Å². The molecule has 2 aliphatic carbocycles. The van der Waals surface area contributed by atoms with Crippen molar-refractivity contribution in [3.05, 3.63) is 17.2 Å². The highest BCUT2D eigenvalue weighted by molar-refractivity contribution is 5.98. The topological polar surface area (TPSA) is 34.9 Å². The largest absolute Gasteiger partial charge is 0.322 e. The molecule has 0 saturated heterocycles. The summed E-state index contributed by atoms with van der Waals surface area (Å²) in [7, 11) is 0. The first-order valence-electron chi connectivity index (χ1n) is 4.88. The Hall–Kier alpha value is -1.12. The van der Waals surface area contributed by atoms with Gasteiger partial charge in [-0.1, -0.05) is 0 Å². The number of fused-ring (bicyclic) bond motifs is 1. The highest BCUT2D eigenvalue weighted by atomic mass is 16.1. The lowest BCUT2D eigenvalue weighted by Gasteiger charge is -2.04. The molecule has 1 heterocycles. The second-order valence-electron chi connectivity index (χ2n) is 3.98. The van der Waals surface area contributed by atoms with Gasteiger partial charge in [-0.3, -0.25) is 4.79 Å². The fourth-order valence-electron chi connectivity index (χ4n) is 2.20. The molecule has 1 aromatic rings. The summed E-state index contributed by atoms with van der Waals surface area (Å²) >= 11 is 0. The van der Waals surface area contributed by atoms with Crippen molar-refractivity contribution in [1.82, 2.24) is 9.55 Å². The van der Waals surface area contributed by atoms with Gasteiger partial charge in [0, 0.05) is 12.5 Å². The number of carbonyl (C=O) groups excluding carboxylic acids is 1. The van der Waals surface area contributed by atoms with Gasteiger partial charge < -0.3 is 4.57 Å². The molecule has 0 radical (unpaired) electrons. The lowest BCUT2D eigenvalue weighted by molar-refractivity contribution is 0.0985. The van der Waals surface area contributed by atoms with Gasteiger partial charge in [0.1, 0.15) is 11.5 Å². The average Bonchev–Trinajstić information content (AvgIpc) is 2.79. The van der Waals surface area contributed by atoms with Crippen LogP contribution >= 0.6 is 0 Å². The summed E-state index contributed by atoms with van der Waals surface area (Å²) in [6.07, 6.45) is 3.97. The Morgan fingerprint density at radius 3 is 2.85 bits per heavy atom. The van der Waals surface area contributed by atoms with Gasteiger partial charge in [0.15, 0.2) is 5.78 Å². The molecule has 0 N–H and O–H groups in total. The van der Waals surface area contributed by atoms with Gasteiger partial charge in [0.05, 0.1) is 5.69 Å². The van der Waals surface area contributed by atoms with Gasteiger partial charge >= 0.3 is 0 Å². The van der Waals surface area contributed by atoms with Gasteiger partial charge in [-0.2, -0.15) is 0 Å². The Labute approximate surface area is 76.8 Å². The quantitative estimate of drug-likeness (QED) is 0.652. The molecule has 3 rings (SSSR count). The molecule has 0 spiro atoms. The molecule has 3 nitrogen and oxygen atoms in total. The van der Waals surface area contributed by atoms with Crippen LogP contribution in [0.25, 0.3) is 0 Å². The molecule has 0 unspecified atom stereocenters. The summed E-state index contributed by atoms with van der Waals surface area (Å²) < 4.78 is 2.16. The lowest BCUT2D eigenvalue weighted by Crippen LogP contribution is -2.06. The summed E-state index contributed by atoms with van der Waals surface area (Å²) in [5.74, 6) is 1.32. The minimum Gasteiger partial charge on any atom is -0.322 e. The number of nitrogens with zero attached hydrogens (tertiary/aromatic N) is 2. The van der Waals surface area contributed by atoms with E-state index < -0.39 is 0 Å². The van der Waals surface area contributed by atoms with Crippen molar-refractivity contribution in [2.24, 2.45) is 0 Å². The minimum absolute atomic E-state index is 0.294. The molecule has 1 saturated carbocycles. The first kappa shape index (κ1) is 7.30. The molecule has 0 atom stereocenters. The molecule has 0 amide bonds. The number of hydrogen-bond donors (Lipinski definition) is 0. The summed E-state index contributed by atoms with van der Waals surface area (Å²) in [6, 6.07) is 0.582. The Morgan fingerprint density at radius 2 is 2.15 bits per heavy atom. The predicted octanol–water partition coefficient (Wildman–Crippen LogP) is 1.66. The first-order chi connectivity index (χ1) is 6.27. The standard InChI is InChI=1S/C10H12N2O/c1-6-11-8-4-5-9(13)10(8)12(6)7-2-3-7/h7H,2-5H2,1H3. The van der Waals surface area contributed by atoms with Crippen molar-refractivity contribution >= 4 is 5.78 Å². The third-order valence-electron chi connectivity index (χ3n) is 2.92. The summed E-state index contributed by atoms with van der Waals surface area (Å²) in [5.41, 5.74) is 1.95. The molecule has 3 heteroatoms. The van der Waals surface area contributed by atoms with Crippen molar-refractivity contribution in [1.29, 1.82) is 0 Å². The lowest BCUT2D eigenvalue weighted by atomic mass is 10.3. The Kier molecular flexibility index (Phi) is 1.25. The van der Waals surface area contributed by atoms with Crippen molar-refractivity contribution < 1.29 is 4.79 Å². The van der Waals surface area contributed by atoms with Crippen LogP contribution in [-0.2, 0) is 6.42 Å². The third kappa shape index (κ3) is 0.900. The molecule has 1 fully saturated rings. The van der Waals surface area contributed by atoms with Gasteiger partial charge in [-0.05, 0) is 26.2 Å². The second-order valence-corrected chi connectivity index (χ2v) is 3.98. The third-order valence-corrected chi connectivity index (χ3v) is 2.92. The fourth-order valence-corrected chi connectivity index (χ4v) is 2.20. The Morgan fingerprint density at radius 1 is 1.38 bits per heavy atom.